The lowest BCUT2D eigenvalue weighted by molar-refractivity contribution is 0.0952. The molecule has 0 bridgehead atoms. The molecule has 31 heavy (non-hydrogen) atoms. The van der Waals surface area contributed by atoms with Crippen molar-refractivity contribution in [1.82, 2.24) is 20.1 Å². The van der Waals surface area contributed by atoms with E-state index < -0.39 is 0 Å². The maximum Gasteiger partial charge on any atom is 0.274 e. The maximum absolute atomic E-state index is 13.1. The Labute approximate surface area is 181 Å². The van der Waals surface area contributed by atoms with Crippen molar-refractivity contribution in [3.05, 3.63) is 76.4 Å². The SMILES string of the molecule is Cc1ccc(C(=O)NCCc2ccccn2)cc1NC(=O)c1c2c(nn1C)CCCC2. The number of aryl methyl sites for hydroxylation is 3. The molecule has 160 valence electrons. The maximum atomic E-state index is 13.1. The second-order valence-electron chi connectivity index (χ2n) is 7.92. The van der Waals surface area contributed by atoms with Crippen LogP contribution in [0.4, 0.5) is 5.69 Å². The molecule has 0 fully saturated rings. The van der Waals surface area contributed by atoms with Crippen LogP contribution in [0.1, 0.15) is 56.2 Å². The fourth-order valence-electron chi connectivity index (χ4n) is 4.00. The molecule has 0 aliphatic heterocycles. The van der Waals surface area contributed by atoms with Crippen LogP contribution in [0.2, 0.25) is 0 Å². The molecule has 2 N–H and O–H groups in total. The van der Waals surface area contributed by atoms with Gasteiger partial charge in [0.25, 0.3) is 11.8 Å². The van der Waals surface area contributed by atoms with Crippen LogP contribution < -0.4 is 10.6 Å². The lowest BCUT2D eigenvalue weighted by Gasteiger charge is -2.13. The number of aromatic nitrogens is 3. The number of amides is 2. The molecule has 0 atom stereocenters. The molecule has 1 aliphatic rings. The summed E-state index contributed by atoms with van der Waals surface area (Å²) in [5.41, 5.74) is 5.65. The van der Waals surface area contributed by atoms with Gasteiger partial charge in [-0.2, -0.15) is 5.10 Å². The van der Waals surface area contributed by atoms with E-state index in [0.29, 0.717) is 29.9 Å². The minimum atomic E-state index is -0.186. The van der Waals surface area contributed by atoms with Gasteiger partial charge in [0.05, 0.1) is 5.69 Å². The highest BCUT2D eigenvalue weighted by atomic mass is 16.2. The highest BCUT2D eigenvalue weighted by Gasteiger charge is 2.24. The fraction of sp³-hybridized carbons (Fsp3) is 0.333. The van der Waals surface area contributed by atoms with Crippen LogP contribution >= 0.6 is 0 Å². The van der Waals surface area contributed by atoms with Gasteiger partial charge in [0.2, 0.25) is 0 Å². The third-order valence-electron chi connectivity index (χ3n) is 5.67. The molecule has 2 heterocycles. The number of carbonyl (C=O) groups excluding carboxylic acids is 2. The molecule has 7 nitrogen and oxygen atoms in total. The van der Waals surface area contributed by atoms with Crippen LogP contribution in [0.15, 0.2) is 42.6 Å². The van der Waals surface area contributed by atoms with Gasteiger partial charge in [-0.25, -0.2) is 0 Å². The lowest BCUT2D eigenvalue weighted by Crippen LogP contribution is -2.26. The molecule has 0 saturated heterocycles. The number of anilines is 1. The number of carbonyl (C=O) groups is 2. The van der Waals surface area contributed by atoms with Gasteiger partial charge in [-0.3, -0.25) is 19.3 Å². The van der Waals surface area contributed by atoms with E-state index in [0.717, 1.165) is 48.2 Å². The summed E-state index contributed by atoms with van der Waals surface area (Å²) in [5.74, 6) is -0.363. The molecule has 3 aromatic rings. The topological polar surface area (TPSA) is 88.9 Å². The van der Waals surface area contributed by atoms with E-state index >= 15 is 0 Å². The van der Waals surface area contributed by atoms with Gasteiger partial charge in [0.1, 0.15) is 5.69 Å². The van der Waals surface area contributed by atoms with Crippen LogP contribution in [0.5, 0.6) is 0 Å². The molecule has 4 rings (SSSR count). The second-order valence-corrected chi connectivity index (χ2v) is 7.92. The summed E-state index contributed by atoms with van der Waals surface area (Å²) < 4.78 is 1.68. The third-order valence-corrected chi connectivity index (χ3v) is 5.67. The van der Waals surface area contributed by atoms with Crippen molar-refractivity contribution in [2.75, 3.05) is 11.9 Å². The summed E-state index contributed by atoms with van der Waals surface area (Å²) in [6, 6.07) is 11.1. The number of nitrogens with one attached hydrogen (secondary N) is 2. The molecule has 0 spiro atoms. The summed E-state index contributed by atoms with van der Waals surface area (Å²) in [6.07, 6.45) is 6.39. The first-order valence-corrected chi connectivity index (χ1v) is 10.7. The predicted octanol–water partition coefficient (Wildman–Crippen LogP) is 3.23. The van der Waals surface area contributed by atoms with Crippen molar-refractivity contribution in [3.63, 3.8) is 0 Å². The Morgan fingerprint density at radius 3 is 2.74 bits per heavy atom. The molecule has 0 saturated carbocycles. The Hall–Kier alpha value is -3.48. The minimum Gasteiger partial charge on any atom is -0.352 e. The number of hydrogen-bond acceptors (Lipinski definition) is 4. The van der Waals surface area contributed by atoms with Crippen molar-refractivity contribution in [1.29, 1.82) is 0 Å². The monoisotopic (exact) mass is 417 g/mol. The number of nitrogens with zero attached hydrogens (tertiary/aromatic N) is 3. The molecule has 1 aliphatic carbocycles. The van der Waals surface area contributed by atoms with E-state index in [-0.39, 0.29) is 11.8 Å². The number of hydrogen-bond donors (Lipinski definition) is 2. The first-order valence-electron chi connectivity index (χ1n) is 10.7. The van der Waals surface area contributed by atoms with E-state index in [1.54, 1.807) is 23.0 Å². The second kappa shape index (κ2) is 9.12. The van der Waals surface area contributed by atoms with E-state index in [9.17, 15) is 9.59 Å². The molecular weight excluding hydrogens is 390 g/mol. The highest BCUT2D eigenvalue weighted by molar-refractivity contribution is 6.05. The smallest absolute Gasteiger partial charge is 0.274 e. The zero-order valence-electron chi connectivity index (χ0n) is 17.9. The third kappa shape index (κ3) is 4.66. The number of rotatable bonds is 6. The Morgan fingerprint density at radius 2 is 1.94 bits per heavy atom. The fourth-order valence-corrected chi connectivity index (χ4v) is 4.00. The summed E-state index contributed by atoms with van der Waals surface area (Å²) in [6.45, 7) is 2.41. The van der Waals surface area contributed by atoms with Crippen LogP contribution in [-0.4, -0.2) is 33.1 Å². The summed E-state index contributed by atoms with van der Waals surface area (Å²) in [7, 11) is 1.81. The molecular formula is C24H27N5O2. The molecule has 0 radical (unpaired) electrons. The van der Waals surface area contributed by atoms with Crippen LogP contribution in [0, 0.1) is 6.92 Å². The molecule has 0 unspecified atom stereocenters. The zero-order valence-corrected chi connectivity index (χ0v) is 17.9. The zero-order chi connectivity index (χ0) is 21.8. The Kier molecular flexibility index (Phi) is 6.11. The summed E-state index contributed by atoms with van der Waals surface area (Å²) in [5, 5.41) is 10.4. The van der Waals surface area contributed by atoms with Gasteiger partial charge >= 0.3 is 0 Å². The van der Waals surface area contributed by atoms with Gasteiger partial charge in [0.15, 0.2) is 0 Å². The summed E-state index contributed by atoms with van der Waals surface area (Å²) >= 11 is 0. The van der Waals surface area contributed by atoms with E-state index in [1.807, 2.05) is 38.2 Å². The highest BCUT2D eigenvalue weighted by Crippen LogP contribution is 2.25. The van der Waals surface area contributed by atoms with Crippen molar-refractivity contribution in [2.45, 2.75) is 39.0 Å². The Balaban J connectivity index is 1.45. The number of benzene rings is 1. The van der Waals surface area contributed by atoms with E-state index in [1.165, 1.54) is 0 Å². The van der Waals surface area contributed by atoms with Crippen LogP contribution in [0.3, 0.4) is 0 Å². The average Bonchev–Trinajstić information content (AvgIpc) is 3.11. The minimum absolute atomic E-state index is 0.177. The van der Waals surface area contributed by atoms with Crippen molar-refractivity contribution >= 4 is 17.5 Å². The molecule has 2 aromatic heterocycles. The summed E-state index contributed by atoms with van der Waals surface area (Å²) in [4.78, 5) is 29.9. The Bertz CT molecular complexity index is 1100. The largest absolute Gasteiger partial charge is 0.352 e. The van der Waals surface area contributed by atoms with Crippen molar-refractivity contribution in [2.24, 2.45) is 7.05 Å². The van der Waals surface area contributed by atoms with Gasteiger partial charge in [-0.1, -0.05) is 12.1 Å². The van der Waals surface area contributed by atoms with Crippen LogP contribution in [0.25, 0.3) is 0 Å². The number of fused-ring (bicyclic) bond motifs is 1. The lowest BCUT2D eigenvalue weighted by atomic mass is 9.95. The predicted molar refractivity (Wildman–Crippen MR) is 119 cm³/mol. The van der Waals surface area contributed by atoms with E-state index in [4.69, 9.17) is 0 Å². The van der Waals surface area contributed by atoms with E-state index in [2.05, 4.69) is 20.7 Å². The van der Waals surface area contributed by atoms with Crippen molar-refractivity contribution in [3.8, 4) is 0 Å². The number of pyridine rings is 1. The average molecular weight is 418 g/mol. The molecule has 2 amide bonds. The standard InChI is InChI=1S/C24H27N5O2/c1-16-10-11-17(23(30)26-14-12-18-7-5-6-13-25-18)15-21(16)27-24(31)22-19-8-3-4-9-20(19)28-29(22)2/h5-7,10-11,13,15H,3-4,8-9,12,14H2,1-2H3,(H,26,30)(H,27,31). The quantitative estimate of drug-likeness (QED) is 0.644. The van der Waals surface area contributed by atoms with Gasteiger partial charge < -0.3 is 10.6 Å². The van der Waals surface area contributed by atoms with Gasteiger partial charge in [-0.15, -0.1) is 0 Å². The molecule has 1 aromatic carbocycles. The van der Waals surface area contributed by atoms with Crippen molar-refractivity contribution < 1.29 is 9.59 Å². The molecule has 7 heteroatoms. The Morgan fingerprint density at radius 1 is 1.10 bits per heavy atom. The van der Waals surface area contributed by atoms with Gasteiger partial charge in [0, 0.05) is 48.7 Å². The normalized spacial score (nSPS) is 12.8. The van der Waals surface area contributed by atoms with Crippen LogP contribution in [-0.2, 0) is 26.3 Å². The van der Waals surface area contributed by atoms with Gasteiger partial charge in [-0.05, 0) is 62.4 Å². The first-order chi connectivity index (χ1) is 15.0. The first kappa shape index (κ1) is 20.8.